The zero-order valence-corrected chi connectivity index (χ0v) is 18.7. The summed E-state index contributed by atoms with van der Waals surface area (Å²) in [5.74, 6) is 0.757. The number of aromatic nitrogens is 2. The van der Waals surface area contributed by atoms with Crippen molar-refractivity contribution in [1.82, 2.24) is 9.55 Å². The van der Waals surface area contributed by atoms with Crippen molar-refractivity contribution in [3.63, 3.8) is 0 Å². The summed E-state index contributed by atoms with van der Waals surface area (Å²) in [6.07, 6.45) is 5.65. The molecule has 5 rings (SSSR count). The van der Waals surface area contributed by atoms with E-state index >= 15 is 0 Å². The molecule has 0 aliphatic rings. The van der Waals surface area contributed by atoms with E-state index in [1.54, 1.807) is 6.20 Å². The predicted octanol–water partition coefficient (Wildman–Crippen LogP) is 7.56. The molecule has 0 saturated carbocycles. The minimum absolute atomic E-state index is 0.00849. The number of ether oxygens (including phenoxy) is 1. The monoisotopic (exact) mass is 458 g/mol. The molecular formula is C27H20Cl2N2O. The van der Waals surface area contributed by atoms with Crippen LogP contribution in [0.25, 0.3) is 10.8 Å². The molecule has 0 saturated heterocycles. The molecule has 0 radical (unpaired) electrons. The molecule has 0 fully saturated rings. The van der Waals surface area contributed by atoms with Crippen LogP contribution in [-0.2, 0) is 6.61 Å². The highest BCUT2D eigenvalue weighted by molar-refractivity contribution is 6.35. The molecule has 0 aliphatic heterocycles. The topological polar surface area (TPSA) is 27.1 Å². The summed E-state index contributed by atoms with van der Waals surface area (Å²) >= 11 is 12.5. The van der Waals surface area contributed by atoms with E-state index in [1.165, 1.54) is 16.3 Å². The SMILES string of the molecule is Clc1cccc(Cl)c1COc1ccc(C(c2ccc3ccccc3c2)n2ccnc2)cc1. The van der Waals surface area contributed by atoms with Crippen LogP contribution in [0.5, 0.6) is 5.75 Å². The number of benzene rings is 4. The molecular weight excluding hydrogens is 439 g/mol. The Morgan fingerprint density at radius 2 is 1.50 bits per heavy atom. The predicted molar refractivity (Wildman–Crippen MR) is 131 cm³/mol. The molecule has 0 amide bonds. The van der Waals surface area contributed by atoms with Gasteiger partial charge >= 0.3 is 0 Å². The number of fused-ring (bicyclic) bond motifs is 1. The summed E-state index contributed by atoms with van der Waals surface area (Å²) in [4.78, 5) is 4.27. The first-order valence-corrected chi connectivity index (χ1v) is 11.1. The third kappa shape index (κ3) is 4.22. The molecule has 0 spiro atoms. The Kier molecular flexibility index (Phi) is 5.85. The summed E-state index contributed by atoms with van der Waals surface area (Å²) in [5.41, 5.74) is 3.12. The molecule has 0 N–H and O–H groups in total. The van der Waals surface area contributed by atoms with E-state index in [1.807, 2.05) is 42.9 Å². The average Bonchev–Trinajstić information content (AvgIpc) is 3.34. The van der Waals surface area contributed by atoms with Crippen LogP contribution >= 0.6 is 23.2 Å². The lowest BCUT2D eigenvalue weighted by Crippen LogP contribution is -2.10. The van der Waals surface area contributed by atoms with Gasteiger partial charge in [0.1, 0.15) is 12.4 Å². The van der Waals surface area contributed by atoms with Gasteiger partial charge in [-0.1, -0.05) is 77.8 Å². The van der Waals surface area contributed by atoms with Crippen LogP contribution in [-0.4, -0.2) is 9.55 Å². The van der Waals surface area contributed by atoms with Crippen LogP contribution in [0.1, 0.15) is 22.7 Å². The Bertz CT molecular complexity index is 1330. The third-order valence-electron chi connectivity index (χ3n) is 5.55. The summed E-state index contributed by atoms with van der Waals surface area (Å²) in [5, 5.41) is 3.64. The minimum Gasteiger partial charge on any atom is -0.489 e. The maximum atomic E-state index is 6.26. The Labute approximate surface area is 196 Å². The highest BCUT2D eigenvalue weighted by atomic mass is 35.5. The Hall–Kier alpha value is -3.27. The van der Waals surface area contributed by atoms with E-state index in [0.29, 0.717) is 16.7 Å². The van der Waals surface area contributed by atoms with E-state index in [2.05, 4.69) is 64.1 Å². The van der Waals surface area contributed by atoms with E-state index < -0.39 is 0 Å². The van der Waals surface area contributed by atoms with Crippen molar-refractivity contribution in [2.45, 2.75) is 12.6 Å². The fourth-order valence-corrected chi connectivity index (χ4v) is 4.42. The number of nitrogens with zero attached hydrogens (tertiary/aromatic N) is 2. The van der Waals surface area contributed by atoms with E-state index in [-0.39, 0.29) is 6.04 Å². The molecule has 5 heteroatoms. The normalized spacial score (nSPS) is 12.1. The van der Waals surface area contributed by atoms with Crippen molar-refractivity contribution in [1.29, 1.82) is 0 Å². The number of halogens is 2. The molecule has 158 valence electrons. The first-order valence-electron chi connectivity index (χ1n) is 10.3. The second kappa shape index (κ2) is 9.07. The van der Waals surface area contributed by atoms with Crippen molar-refractivity contribution < 1.29 is 4.74 Å². The van der Waals surface area contributed by atoms with Crippen LogP contribution in [0.2, 0.25) is 10.0 Å². The first-order chi connectivity index (χ1) is 15.7. The van der Waals surface area contributed by atoms with Gasteiger partial charge < -0.3 is 9.30 Å². The quantitative estimate of drug-likeness (QED) is 0.262. The fourth-order valence-electron chi connectivity index (χ4n) is 3.91. The van der Waals surface area contributed by atoms with Gasteiger partial charge in [-0.05, 0) is 52.2 Å². The smallest absolute Gasteiger partial charge is 0.119 e. The van der Waals surface area contributed by atoms with Crippen LogP contribution < -0.4 is 4.74 Å². The number of imidazole rings is 1. The Morgan fingerprint density at radius 1 is 0.781 bits per heavy atom. The molecule has 0 bridgehead atoms. The highest BCUT2D eigenvalue weighted by Gasteiger charge is 2.17. The maximum absolute atomic E-state index is 6.26. The van der Waals surface area contributed by atoms with Crippen LogP contribution in [0.15, 0.2) is 104 Å². The molecule has 1 heterocycles. The first kappa shape index (κ1) is 20.6. The summed E-state index contributed by atoms with van der Waals surface area (Å²) in [6, 6.07) is 28.6. The van der Waals surface area contributed by atoms with Crippen LogP contribution in [0.3, 0.4) is 0 Å². The van der Waals surface area contributed by atoms with Gasteiger partial charge in [0.25, 0.3) is 0 Å². The van der Waals surface area contributed by atoms with Gasteiger partial charge in [0, 0.05) is 28.0 Å². The van der Waals surface area contributed by atoms with Crippen molar-refractivity contribution in [3.05, 3.63) is 130 Å². The molecule has 5 aromatic rings. The van der Waals surface area contributed by atoms with Gasteiger partial charge in [0.15, 0.2) is 0 Å². The molecule has 1 atom stereocenters. The Balaban J connectivity index is 1.43. The summed E-state index contributed by atoms with van der Waals surface area (Å²) in [7, 11) is 0. The fraction of sp³-hybridized carbons (Fsp3) is 0.0741. The molecule has 1 aromatic heterocycles. The van der Waals surface area contributed by atoms with Gasteiger partial charge in [-0.3, -0.25) is 0 Å². The zero-order chi connectivity index (χ0) is 21.9. The van der Waals surface area contributed by atoms with Gasteiger partial charge in [0.05, 0.1) is 12.4 Å². The minimum atomic E-state index is 0.00849. The number of hydrogen-bond donors (Lipinski definition) is 0. The lowest BCUT2D eigenvalue weighted by molar-refractivity contribution is 0.306. The third-order valence-corrected chi connectivity index (χ3v) is 6.26. The highest BCUT2D eigenvalue weighted by Crippen LogP contribution is 2.31. The molecule has 1 unspecified atom stereocenters. The second-order valence-electron chi connectivity index (χ2n) is 7.58. The molecule has 0 aliphatic carbocycles. The van der Waals surface area contributed by atoms with Crippen LogP contribution in [0, 0.1) is 0 Å². The molecule has 3 nitrogen and oxygen atoms in total. The lowest BCUT2D eigenvalue weighted by atomic mass is 9.96. The molecule has 32 heavy (non-hydrogen) atoms. The van der Waals surface area contributed by atoms with Gasteiger partial charge in [-0.2, -0.15) is 0 Å². The lowest BCUT2D eigenvalue weighted by Gasteiger charge is -2.21. The van der Waals surface area contributed by atoms with Crippen molar-refractivity contribution >= 4 is 34.0 Å². The molecule has 4 aromatic carbocycles. The number of rotatable bonds is 6. The van der Waals surface area contributed by atoms with Gasteiger partial charge in [0.2, 0.25) is 0 Å². The van der Waals surface area contributed by atoms with Crippen molar-refractivity contribution in [2.75, 3.05) is 0 Å². The van der Waals surface area contributed by atoms with E-state index in [9.17, 15) is 0 Å². The second-order valence-corrected chi connectivity index (χ2v) is 8.39. The average molecular weight is 459 g/mol. The van der Waals surface area contributed by atoms with E-state index in [4.69, 9.17) is 27.9 Å². The number of hydrogen-bond acceptors (Lipinski definition) is 2. The Morgan fingerprint density at radius 3 is 2.22 bits per heavy atom. The van der Waals surface area contributed by atoms with Crippen LogP contribution in [0.4, 0.5) is 0 Å². The largest absolute Gasteiger partial charge is 0.489 e. The van der Waals surface area contributed by atoms with Crippen molar-refractivity contribution in [3.8, 4) is 5.75 Å². The zero-order valence-electron chi connectivity index (χ0n) is 17.2. The van der Waals surface area contributed by atoms with Crippen molar-refractivity contribution in [2.24, 2.45) is 0 Å². The van der Waals surface area contributed by atoms with Gasteiger partial charge in [-0.25, -0.2) is 4.98 Å². The maximum Gasteiger partial charge on any atom is 0.119 e. The van der Waals surface area contributed by atoms with E-state index in [0.717, 1.165) is 16.9 Å². The summed E-state index contributed by atoms with van der Waals surface area (Å²) < 4.78 is 8.07. The standard InChI is InChI=1S/C27H20Cl2N2O/c28-25-6-3-7-26(29)24(25)17-32-23-12-10-20(11-13-23)27(31-15-14-30-18-31)22-9-8-19-4-1-2-5-21(19)16-22/h1-16,18,27H,17H2. The van der Waals surface area contributed by atoms with Gasteiger partial charge in [-0.15, -0.1) is 0 Å². The summed E-state index contributed by atoms with van der Waals surface area (Å²) in [6.45, 7) is 0.313.